The molecule has 118 valence electrons. The Hall–Kier alpha value is -1.40. The van der Waals surface area contributed by atoms with Crippen LogP contribution in [0.2, 0.25) is 0 Å². The van der Waals surface area contributed by atoms with Crippen molar-refractivity contribution < 1.29 is 26.3 Å². The molecule has 0 atom stereocenters. The van der Waals surface area contributed by atoms with E-state index in [2.05, 4.69) is 5.32 Å². The molecule has 1 aromatic rings. The fraction of sp³-hybridized carbons (Fsp3) is 0.571. The molecule has 21 heavy (non-hydrogen) atoms. The van der Waals surface area contributed by atoms with E-state index < -0.39 is 23.8 Å². The van der Waals surface area contributed by atoms with Gasteiger partial charge in [-0.1, -0.05) is 0 Å². The average molecular weight is 311 g/mol. The number of nitrogens with one attached hydrogen (secondary N) is 1. The summed E-state index contributed by atoms with van der Waals surface area (Å²) in [5, 5.41) is 3.00. The lowest BCUT2D eigenvalue weighted by molar-refractivity contribution is -0.182. The summed E-state index contributed by atoms with van der Waals surface area (Å²) in [6.07, 6.45) is -7.69. The molecule has 0 aliphatic heterocycles. The summed E-state index contributed by atoms with van der Waals surface area (Å²) in [5.74, 6) is -1.26. The molecule has 0 spiro atoms. The van der Waals surface area contributed by atoms with Crippen molar-refractivity contribution in [3.05, 3.63) is 29.8 Å². The van der Waals surface area contributed by atoms with Crippen LogP contribution in [0, 0.1) is 5.92 Å². The first kappa shape index (κ1) is 16.0. The number of alkyl halides is 6. The van der Waals surface area contributed by atoms with E-state index in [0.29, 0.717) is 18.5 Å². The van der Waals surface area contributed by atoms with Gasteiger partial charge in [-0.2, -0.15) is 26.3 Å². The van der Waals surface area contributed by atoms with E-state index in [1.54, 1.807) is 0 Å². The van der Waals surface area contributed by atoms with Crippen LogP contribution >= 0.6 is 0 Å². The first-order valence-electron chi connectivity index (χ1n) is 6.67. The number of halogens is 6. The van der Waals surface area contributed by atoms with Crippen LogP contribution in [-0.4, -0.2) is 12.2 Å². The SMILES string of the molecule is FC(F)(F)c1ccc(NC2CCC(C(F)(F)F)CC2)cc1. The molecule has 0 radical (unpaired) electrons. The third-order valence-electron chi connectivity index (χ3n) is 3.77. The van der Waals surface area contributed by atoms with Gasteiger partial charge >= 0.3 is 12.4 Å². The normalized spacial score (nSPS) is 23.9. The van der Waals surface area contributed by atoms with Crippen LogP contribution in [0.15, 0.2) is 24.3 Å². The number of anilines is 1. The Balaban J connectivity index is 1.89. The van der Waals surface area contributed by atoms with Crippen LogP contribution in [0.5, 0.6) is 0 Å². The Morgan fingerprint density at radius 3 is 1.76 bits per heavy atom. The molecule has 1 N–H and O–H groups in total. The summed E-state index contributed by atoms with van der Waals surface area (Å²) < 4.78 is 74.8. The molecule has 0 aromatic heterocycles. The van der Waals surface area contributed by atoms with Crippen LogP contribution in [0.1, 0.15) is 31.2 Å². The molecule has 0 saturated heterocycles. The van der Waals surface area contributed by atoms with Crippen LogP contribution in [0.3, 0.4) is 0 Å². The quantitative estimate of drug-likeness (QED) is 0.737. The van der Waals surface area contributed by atoms with E-state index in [1.165, 1.54) is 12.1 Å². The van der Waals surface area contributed by atoms with E-state index >= 15 is 0 Å². The molecule has 0 amide bonds. The van der Waals surface area contributed by atoms with Gasteiger partial charge in [-0.05, 0) is 49.9 Å². The van der Waals surface area contributed by atoms with Gasteiger partial charge in [0.15, 0.2) is 0 Å². The van der Waals surface area contributed by atoms with Crippen molar-refractivity contribution in [1.82, 2.24) is 0 Å². The second kappa shape index (κ2) is 5.77. The van der Waals surface area contributed by atoms with Crippen molar-refractivity contribution in [2.45, 2.75) is 44.1 Å². The number of rotatable bonds is 2. The molecule has 1 aliphatic rings. The molecule has 1 saturated carbocycles. The fourth-order valence-corrected chi connectivity index (χ4v) is 2.56. The monoisotopic (exact) mass is 311 g/mol. The van der Waals surface area contributed by atoms with Crippen LogP contribution in [0.4, 0.5) is 32.0 Å². The Morgan fingerprint density at radius 2 is 1.33 bits per heavy atom. The summed E-state index contributed by atoms with van der Waals surface area (Å²) in [5.41, 5.74) is -0.243. The predicted octanol–water partition coefficient (Wildman–Crippen LogP) is 5.24. The lowest BCUT2D eigenvalue weighted by Gasteiger charge is -2.30. The summed E-state index contributed by atoms with van der Waals surface area (Å²) in [6.45, 7) is 0. The van der Waals surface area contributed by atoms with Crippen molar-refractivity contribution in [1.29, 1.82) is 0 Å². The molecule has 1 fully saturated rings. The zero-order chi connectivity index (χ0) is 15.7. The van der Waals surface area contributed by atoms with Crippen molar-refractivity contribution >= 4 is 5.69 Å². The van der Waals surface area contributed by atoms with Gasteiger partial charge in [0.05, 0.1) is 11.5 Å². The minimum Gasteiger partial charge on any atom is -0.382 e. The van der Waals surface area contributed by atoms with Gasteiger partial charge in [0.25, 0.3) is 0 Å². The highest BCUT2D eigenvalue weighted by molar-refractivity contribution is 5.46. The topological polar surface area (TPSA) is 12.0 Å². The molecule has 2 rings (SSSR count). The predicted molar refractivity (Wildman–Crippen MR) is 66.9 cm³/mol. The minimum atomic E-state index is -4.39. The second-order valence-electron chi connectivity index (χ2n) is 5.31. The number of hydrogen-bond donors (Lipinski definition) is 1. The minimum absolute atomic E-state index is 0.0573. The number of benzene rings is 1. The third-order valence-corrected chi connectivity index (χ3v) is 3.77. The zero-order valence-electron chi connectivity index (χ0n) is 11.1. The summed E-state index contributed by atoms with van der Waals surface area (Å²) in [4.78, 5) is 0. The molecule has 0 unspecified atom stereocenters. The molecule has 1 aliphatic carbocycles. The van der Waals surface area contributed by atoms with E-state index in [0.717, 1.165) is 12.1 Å². The fourth-order valence-electron chi connectivity index (χ4n) is 2.56. The molecule has 0 heterocycles. The Kier molecular flexibility index (Phi) is 4.39. The summed E-state index contributed by atoms with van der Waals surface area (Å²) in [6, 6.07) is 4.41. The van der Waals surface area contributed by atoms with Gasteiger partial charge in [0, 0.05) is 11.7 Å². The first-order valence-corrected chi connectivity index (χ1v) is 6.67. The van der Waals surface area contributed by atoms with Crippen molar-refractivity contribution in [3.8, 4) is 0 Å². The highest BCUT2D eigenvalue weighted by atomic mass is 19.4. The second-order valence-corrected chi connectivity index (χ2v) is 5.31. The standard InChI is InChI=1S/C14H15F6N/c15-13(16,17)9-1-5-11(6-2-9)21-12-7-3-10(4-8-12)14(18,19)20/h1-2,5-6,10,12,21H,3-4,7-8H2. The highest BCUT2D eigenvalue weighted by Gasteiger charge is 2.41. The van der Waals surface area contributed by atoms with Gasteiger partial charge in [-0.25, -0.2) is 0 Å². The smallest absolute Gasteiger partial charge is 0.382 e. The molecule has 1 nitrogen and oxygen atoms in total. The molecular formula is C14H15F6N. The van der Waals surface area contributed by atoms with Crippen LogP contribution in [-0.2, 0) is 6.18 Å². The first-order chi connectivity index (χ1) is 9.66. The molecule has 1 aromatic carbocycles. The Morgan fingerprint density at radius 1 is 0.810 bits per heavy atom. The third kappa shape index (κ3) is 4.28. The zero-order valence-corrected chi connectivity index (χ0v) is 11.1. The molecule has 0 bridgehead atoms. The van der Waals surface area contributed by atoms with Gasteiger partial charge < -0.3 is 5.32 Å². The average Bonchev–Trinajstić information content (AvgIpc) is 2.38. The lowest BCUT2D eigenvalue weighted by Crippen LogP contribution is -2.32. The van der Waals surface area contributed by atoms with Crippen LogP contribution in [0.25, 0.3) is 0 Å². The van der Waals surface area contributed by atoms with Gasteiger partial charge in [-0.3, -0.25) is 0 Å². The maximum Gasteiger partial charge on any atom is 0.416 e. The Labute approximate surface area is 118 Å². The summed E-state index contributed by atoms with van der Waals surface area (Å²) in [7, 11) is 0. The highest BCUT2D eigenvalue weighted by Crippen LogP contribution is 2.38. The summed E-state index contributed by atoms with van der Waals surface area (Å²) >= 11 is 0. The van der Waals surface area contributed by atoms with Gasteiger partial charge in [0.1, 0.15) is 0 Å². The maximum absolute atomic E-state index is 12.5. The number of hydrogen-bond acceptors (Lipinski definition) is 1. The van der Waals surface area contributed by atoms with Gasteiger partial charge in [0.2, 0.25) is 0 Å². The largest absolute Gasteiger partial charge is 0.416 e. The Bertz CT molecular complexity index is 454. The van der Waals surface area contributed by atoms with Gasteiger partial charge in [-0.15, -0.1) is 0 Å². The van der Waals surface area contributed by atoms with E-state index in [1.807, 2.05) is 0 Å². The maximum atomic E-state index is 12.5. The van der Waals surface area contributed by atoms with Crippen molar-refractivity contribution in [3.63, 3.8) is 0 Å². The van der Waals surface area contributed by atoms with E-state index in [-0.39, 0.29) is 18.9 Å². The van der Waals surface area contributed by atoms with E-state index in [4.69, 9.17) is 0 Å². The van der Waals surface area contributed by atoms with E-state index in [9.17, 15) is 26.3 Å². The van der Waals surface area contributed by atoms with Crippen LogP contribution < -0.4 is 5.32 Å². The lowest BCUT2D eigenvalue weighted by atomic mass is 9.85. The molecular weight excluding hydrogens is 296 g/mol. The molecule has 7 heteroatoms. The van der Waals surface area contributed by atoms with Crippen molar-refractivity contribution in [2.24, 2.45) is 5.92 Å². The van der Waals surface area contributed by atoms with Crippen molar-refractivity contribution in [2.75, 3.05) is 5.32 Å².